The lowest BCUT2D eigenvalue weighted by atomic mass is 9.96. The molecule has 4 rings (SSSR count). The van der Waals surface area contributed by atoms with E-state index in [1.807, 2.05) is 0 Å². The summed E-state index contributed by atoms with van der Waals surface area (Å²) in [5.74, 6) is 0.770. The molecule has 0 unspecified atom stereocenters. The van der Waals surface area contributed by atoms with Gasteiger partial charge in [0.15, 0.2) is 11.5 Å². The van der Waals surface area contributed by atoms with Gasteiger partial charge in [-0.2, -0.15) is 0 Å². The van der Waals surface area contributed by atoms with Crippen molar-refractivity contribution in [2.75, 3.05) is 20.2 Å². The van der Waals surface area contributed by atoms with E-state index in [0.717, 1.165) is 0 Å². The molecule has 8 nitrogen and oxygen atoms in total. The summed E-state index contributed by atoms with van der Waals surface area (Å²) in [5, 5.41) is 11.7. The van der Waals surface area contributed by atoms with Crippen LogP contribution in [0.25, 0.3) is 11.1 Å². The Kier molecular flexibility index (Phi) is 5.10. The van der Waals surface area contributed by atoms with E-state index in [2.05, 4.69) is 4.98 Å². The summed E-state index contributed by atoms with van der Waals surface area (Å²) >= 11 is 6.00. The molecule has 0 spiro atoms. The van der Waals surface area contributed by atoms with E-state index in [9.17, 15) is 14.9 Å². The van der Waals surface area contributed by atoms with Gasteiger partial charge in [-0.05, 0) is 37.1 Å². The second kappa shape index (κ2) is 7.71. The molecule has 3 aromatic rings. The number of carbonyl (C=O) groups excluding carboxylic acids is 1. The first-order chi connectivity index (χ1) is 14.0. The van der Waals surface area contributed by atoms with Gasteiger partial charge in [-0.25, -0.2) is 4.98 Å². The summed E-state index contributed by atoms with van der Waals surface area (Å²) < 4.78 is 11.1. The van der Waals surface area contributed by atoms with Crippen molar-refractivity contribution >= 4 is 34.3 Å². The van der Waals surface area contributed by atoms with Crippen LogP contribution in [0.15, 0.2) is 40.8 Å². The molecular formula is C20H18ClN3O5. The monoisotopic (exact) mass is 415 g/mol. The lowest BCUT2D eigenvalue weighted by Gasteiger charge is -2.31. The maximum atomic E-state index is 12.9. The molecule has 0 radical (unpaired) electrons. The normalized spacial score (nSPS) is 14.9. The zero-order chi connectivity index (χ0) is 20.5. The first kappa shape index (κ1) is 19.2. The highest BCUT2D eigenvalue weighted by Crippen LogP contribution is 2.32. The lowest BCUT2D eigenvalue weighted by Crippen LogP contribution is -2.38. The van der Waals surface area contributed by atoms with Gasteiger partial charge in [-0.3, -0.25) is 14.9 Å². The van der Waals surface area contributed by atoms with Crippen molar-refractivity contribution in [3.63, 3.8) is 0 Å². The maximum absolute atomic E-state index is 12.9. The number of hydrogen-bond acceptors (Lipinski definition) is 6. The number of nitro groups is 1. The molecule has 29 heavy (non-hydrogen) atoms. The second-order valence-electron chi connectivity index (χ2n) is 6.87. The van der Waals surface area contributed by atoms with Gasteiger partial charge >= 0.3 is 0 Å². The average Bonchev–Trinajstić information content (AvgIpc) is 3.16. The van der Waals surface area contributed by atoms with Gasteiger partial charge in [0.2, 0.25) is 0 Å². The number of benzene rings is 2. The number of aromatic nitrogens is 1. The minimum atomic E-state index is -0.526. The van der Waals surface area contributed by atoms with E-state index in [-0.39, 0.29) is 23.1 Å². The minimum absolute atomic E-state index is 0.0947. The second-order valence-corrected chi connectivity index (χ2v) is 7.31. The highest BCUT2D eigenvalue weighted by molar-refractivity contribution is 6.31. The Morgan fingerprint density at radius 1 is 1.28 bits per heavy atom. The molecular weight excluding hydrogens is 398 g/mol. The molecule has 1 aromatic heterocycles. The molecule has 2 aromatic carbocycles. The minimum Gasteiger partial charge on any atom is -0.496 e. The molecule has 0 bridgehead atoms. The molecule has 0 N–H and O–H groups in total. The van der Waals surface area contributed by atoms with Crippen molar-refractivity contribution in [1.82, 2.24) is 9.88 Å². The molecule has 2 heterocycles. The molecule has 9 heteroatoms. The van der Waals surface area contributed by atoms with Crippen molar-refractivity contribution in [3.05, 3.63) is 63.0 Å². The van der Waals surface area contributed by atoms with Crippen molar-refractivity contribution in [2.24, 2.45) is 0 Å². The van der Waals surface area contributed by atoms with Crippen LogP contribution >= 0.6 is 11.6 Å². The smallest absolute Gasteiger partial charge is 0.270 e. The first-order valence-corrected chi connectivity index (χ1v) is 9.51. The number of piperidine rings is 1. The number of non-ortho nitro benzene ring substituents is 1. The molecule has 1 amide bonds. The van der Waals surface area contributed by atoms with Crippen LogP contribution in [0.4, 0.5) is 5.69 Å². The molecule has 1 aliphatic heterocycles. The topological polar surface area (TPSA) is 98.7 Å². The number of amides is 1. The van der Waals surface area contributed by atoms with Crippen molar-refractivity contribution in [3.8, 4) is 5.75 Å². The largest absolute Gasteiger partial charge is 0.496 e. The molecule has 0 saturated carbocycles. The third-order valence-corrected chi connectivity index (χ3v) is 5.36. The van der Waals surface area contributed by atoms with Crippen molar-refractivity contribution in [1.29, 1.82) is 0 Å². The van der Waals surface area contributed by atoms with Gasteiger partial charge in [0, 0.05) is 36.2 Å². The quantitative estimate of drug-likeness (QED) is 0.462. The molecule has 150 valence electrons. The summed E-state index contributed by atoms with van der Waals surface area (Å²) in [6, 6.07) is 9.34. The van der Waals surface area contributed by atoms with Crippen molar-refractivity contribution in [2.45, 2.75) is 18.8 Å². The number of halogens is 1. The van der Waals surface area contributed by atoms with Crippen LogP contribution in [0.3, 0.4) is 0 Å². The van der Waals surface area contributed by atoms with Crippen LogP contribution < -0.4 is 4.74 Å². The van der Waals surface area contributed by atoms with Crippen LogP contribution in [0.2, 0.25) is 5.02 Å². The number of fused-ring (bicyclic) bond motifs is 1. The Hall–Kier alpha value is -3.13. The Labute approximate surface area is 171 Å². The number of ether oxygens (including phenoxy) is 1. The number of oxazole rings is 1. The van der Waals surface area contributed by atoms with Gasteiger partial charge < -0.3 is 14.1 Å². The zero-order valence-corrected chi connectivity index (χ0v) is 16.4. The van der Waals surface area contributed by atoms with Gasteiger partial charge in [-0.15, -0.1) is 0 Å². The summed E-state index contributed by atoms with van der Waals surface area (Å²) in [6.45, 7) is 0.990. The van der Waals surface area contributed by atoms with E-state index < -0.39 is 4.92 Å². The van der Waals surface area contributed by atoms with Crippen LogP contribution in [0, 0.1) is 10.1 Å². The Balaban J connectivity index is 1.49. The maximum Gasteiger partial charge on any atom is 0.270 e. The van der Waals surface area contributed by atoms with E-state index in [4.69, 9.17) is 20.8 Å². The number of hydrogen-bond donors (Lipinski definition) is 0. The number of likely N-dealkylation sites (tertiary alicyclic amines) is 1. The number of methoxy groups -OCH3 is 1. The highest BCUT2D eigenvalue weighted by Gasteiger charge is 2.29. The summed E-state index contributed by atoms with van der Waals surface area (Å²) in [7, 11) is 1.43. The Morgan fingerprint density at radius 3 is 2.72 bits per heavy atom. The third kappa shape index (κ3) is 3.75. The molecule has 1 fully saturated rings. The zero-order valence-electron chi connectivity index (χ0n) is 15.6. The van der Waals surface area contributed by atoms with Crippen LogP contribution in [-0.2, 0) is 0 Å². The first-order valence-electron chi connectivity index (χ1n) is 9.14. The lowest BCUT2D eigenvalue weighted by molar-refractivity contribution is -0.384. The fourth-order valence-electron chi connectivity index (χ4n) is 3.57. The van der Waals surface area contributed by atoms with Crippen LogP contribution in [0.5, 0.6) is 5.75 Å². The summed E-state index contributed by atoms with van der Waals surface area (Å²) in [5.41, 5.74) is 1.45. The van der Waals surface area contributed by atoms with Crippen molar-refractivity contribution < 1.29 is 18.9 Å². The van der Waals surface area contributed by atoms with E-state index in [1.54, 1.807) is 23.1 Å². The van der Waals surface area contributed by atoms with E-state index in [1.165, 1.54) is 25.3 Å². The molecule has 0 aliphatic carbocycles. The fraction of sp³-hybridized carbons (Fsp3) is 0.300. The predicted octanol–water partition coefficient (Wildman–Crippen LogP) is 4.42. The standard InChI is InChI=1S/C20H18ClN3O5/c1-28-17-5-3-14(24(26)27)11-15(17)20(25)23-8-6-12(7-9-23)19-22-16-10-13(21)2-4-18(16)29-19/h2-5,10-12H,6-9H2,1H3. The number of nitrogens with zero attached hydrogens (tertiary/aromatic N) is 3. The van der Waals surface area contributed by atoms with Gasteiger partial charge in [0.05, 0.1) is 17.6 Å². The molecule has 1 saturated heterocycles. The number of nitro benzene ring substituents is 1. The van der Waals surface area contributed by atoms with Crippen LogP contribution in [-0.4, -0.2) is 40.9 Å². The SMILES string of the molecule is COc1ccc([N+](=O)[O-])cc1C(=O)N1CCC(c2nc3cc(Cl)ccc3o2)CC1. The van der Waals surface area contributed by atoms with Gasteiger partial charge in [0.1, 0.15) is 11.3 Å². The molecule has 1 aliphatic rings. The highest BCUT2D eigenvalue weighted by atomic mass is 35.5. The Morgan fingerprint density at radius 2 is 2.03 bits per heavy atom. The fourth-order valence-corrected chi connectivity index (χ4v) is 3.74. The predicted molar refractivity (Wildman–Crippen MR) is 107 cm³/mol. The van der Waals surface area contributed by atoms with E-state index in [0.29, 0.717) is 53.7 Å². The van der Waals surface area contributed by atoms with Crippen LogP contribution in [0.1, 0.15) is 35.0 Å². The average molecular weight is 416 g/mol. The number of rotatable bonds is 4. The van der Waals surface area contributed by atoms with Gasteiger partial charge in [0.25, 0.3) is 11.6 Å². The third-order valence-electron chi connectivity index (χ3n) is 5.12. The number of carbonyl (C=O) groups is 1. The summed E-state index contributed by atoms with van der Waals surface area (Å²) in [6.07, 6.45) is 1.37. The van der Waals surface area contributed by atoms with Gasteiger partial charge in [-0.1, -0.05) is 11.6 Å². The summed E-state index contributed by atoms with van der Waals surface area (Å²) in [4.78, 5) is 29.7. The molecule has 0 atom stereocenters. The Bertz CT molecular complexity index is 1090. The van der Waals surface area contributed by atoms with E-state index >= 15 is 0 Å².